The molecule has 4 rings (SSSR count). The quantitative estimate of drug-likeness (QED) is 0.755. The number of carbonyl (C=O) groups excluding carboxylic acids is 1. The van der Waals surface area contributed by atoms with E-state index in [0.717, 1.165) is 34.5 Å². The normalized spacial score (nSPS) is 12.5. The zero-order valence-corrected chi connectivity index (χ0v) is 13.0. The molecule has 0 fully saturated rings. The first-order chi connectivity index (χ1) is 11.8. The fourth-order valence-electron chi connectivity index (χ4n) is 2.75. The van der Waals surface area contributed by atoms with Crippen molar-refractivity contribution in [2.24, 2.45) is 0 Å². The number of aromatic amines is 1. The number of fused-ring (bicyclic) bond motifs is 2. The van der Waals surface area contributed by atoms with Gasteiger partial charge in [-0.05, 0) is 36.2 Å². The number of aromatic nitrogens is 2. The van der Waals surface area contributed by atoms with Crippen LogP contribution in [0.4, 0.5) is 0 Å². The molecule has 0 bridgehead atoms. The van der Waals surface area contributed by atoms with E-state index in [-0.39, 0.29) is 19.1 Å². The van der Waals surface area contributed by atoms with Crippen LogP contribution in [-0.2, 0) is 17.6 Å². The van der Waals surface area contributed by atoms with Gasteiger partial charge >= 0.3 is 0 Å². The minimum absolute atomic E-state index is 0.0465. The lowest BCUT2D eigenvalue weighted by molar-refractivity contribution is -0.120. The van der Waals surface area contributed by atoms with Gasteiger partial charge in [-0.25, -0.2) is 4.98 Å². The zero-order chi connectivity index (χ0) is 16.4. The van der Waals surface area contributed by atoms with Crippen LogP contribution in [0.2, 0.25) is 0 Å². The summed E-state index contributed by atoms with van der Waals surface area (Å²) in [5, 5.41) is 2.92. The molecule has 0 radical (unpaired) electrons. The van der Waals surface area contributed by atoms with Gasteiger partial charge in [-0.3, -0.25) is 4.79 Å². The molecular weight excluding hydrogens is 306 g/mol. The monoisotopic (exact) mass is 323 g/mol. The van der Waals surface area contributed by atoms with Crippen LogP contribution in [0.25, 0.3) is 11.0 Å². The van der Waals surface area contributed by atoms with Crippen molar-refractivity contribution in [2.45, 2.75) is 12.8 Å². The molecule has 6 nitrogen and oxygen atoms in total. The molecule has 0 atom stereocenters. The van der Waals surface area contributed by atoms with E-state index in [9.17, 15) is 4.79 Å². The number of carbonyl (C=O) groups is 1. The predicted octanol–water partition coefficient (Wildman–Crippen LogP) is 2.19. The summed E-state index contributed by atoms with van der Waals surface area (Å²) in [4.78, 5) is 19.6. The van der Waals surface area contributed by atoms with Gasteiger partial charge in [0.05, 0.1) is 17.5 Å². The van der Waals surface area contributed by atoms with Gasteiger partial charge in [0.25, 0.3) is 0 Å². The Kier molecular flexibility index (Phi) is 3.78. The van der Waals surface area contributed by atoms with E-state index in [4.69, 9.17) is 9.47 Å². The van der Waals surface area contributed by atoms with E-state index < -0.39 is 0 Å². The lowest BCUT2D eigenvalue weighted by atomic mass is 10.1. The molecule has 1 aromatic heterocycles. The Hall–Kier alpha value is -3.02. The Balaban J connectivity index is 1.30. The number of para-hydroxylation sites is 2. The summed E-state index contributed by atoms with van der Waals surface area (Å²) in [6.45, 7) is 0.839. The standard InChI is InChI=1S/C18H17N3O3/c22-18(10-17-20-13-3-1-2-4-14(13)21-17)19-8-7-12-5-6-15-16(9-12)24-11-23-15/h1-6,9H,7-8,10-11H2,(H,19,22)(H,20,21). The molecule has 6 heteroatoms. The Labute approximate surface area is 138 Å². The molecule has 0 saturated carbocycles. The van der Waals surface area contributed by atoms with Crippen LogP contribution in [0.5, 0.6) is 11.5 Å². The number of hydrogen-bond donors (Lipinski definition) is 2. The molecule has 1 aliphatic heterocycles. The highest BCUT2D eigenvalue weighted by Gasteiger charge is 2.13. The summed E-state index contributed by atoms with van der Waals surface area (Å²) in [6, 6.07) is 13.6. The van der Waals surface area contributed by atoms with Crippen LogP contribution in [0.3, 0.4) is 0 Å². The number of imidazole rings is 1. The first-order valence-corrected chi connectivity index (χ1v) is 7.87. The Morgan fingerprint density at radius 3 is 2.96 bits per heavy atom. The summed E-state index contributed by atoms with van der Waals surface area (Å²) in [6.07, 6.45) is 0.984. The van der Waals surface area contributed by atoms with Crippen LogP contribution in [0.15, 0.2) is 42.5 Å². The zero-order valence-electron chi connectivity index (χ0n) is 13.0. The van der Waals surface area contributed by atoms with Crippen LogP contribution in [0, 0.1) is 0 Å². The molecule has 2 aromatic carbocycles. The second-order valence-electron chi connectivity index (χ2n) is 5.66. The molecule has 0 aliphatic carbocycles. The van der Waals surface area contributed by atoms with Crippen LogP contribution < -0.4 is 14.8 Å². The topological polar surface area (TPSA) is 76.2 Å². The SMILES string of the molecule is O=C(Cc1nc2ccccc2[nH]1)NCCc1ccc2c(c1)OCO2. The molecule has 24 heavy (non-hydrogen) atoms. The van der Waals surface area contributed by atoms with Gasteiger partial charge < -0.3 is 19.8 Å². The molecule has 2 N–H and O–H groups in total. The van der Waals surface area contributed by atoms with Gasteiger partial charge in [-0.2, -0.15) is 0 Å². The second kappa shape index (κ2) is 6.23. The number of hydrogen-bond acceptors (Lipinski definition) is 4. The van der Waals surface area contributed by atoms with E-state index in [1.807, 2.05) is 42.5 Å². The van der Waals surface area contributed by atoms with Crippen LogP contribution >= 0.6 is 0 Å². The molecule has 0 spiro atoms. The van der Waals surface area contributed by atoms with Crippen molar-refractivity contribution in [3.05, 3.63) is 53.9 Å². The van der Waals surface area contributed by atoms with Crippen LogP contribution in [0.1, 0.15) is 11.4 Å². The highest BCUT2D eigenvalue weighted by molar-refractivity contribution is 5.80. The van der Waals surface area contributed by atoms with Crippen molar-refractivity contribution in [1.82, 2.24) is 15.3 Å². The molecular formula is C18H17N3O3. The van der Waals surface area contributed by atoms with Gasteiger partial charge in [0, 0.05) is 6.54 Å². The highest BCUT2D eigenvalue weighted by atomic mass is 16.7. The highest BCUT2D eigenvalue weighted by Crippen LogP contribution is 2.32. The molecule has 2 heterocycles. The minimum Gasteiger partial charge on any atom is -0.454 e. The number of nitrogens with zero attached hydrogens (tertiary/aromatic N) is 1. The van der Waals surface area contributed by atoms with E-state index in [0.29, 0.717) is 12.4 Å². The third-order valence-corrected chi connectivity index (χ3v) is 3.94. The minimum atomic E-state index is -0.0465. The smallest absolute Gasteiger partial charge is 0.231 e. The van der Waals surface area contributed by atoms with Gasteiger partial charge in [0.2, 0.25) is 12.7 Å². The maximum Gasteiger partial charge on any atom is 0.231 e. The number of amides is 1. The lowest BCUT2D eigenvalue weighted by Gasteiger charge is -2.05. The Bertz CT molecular complexity index is 855. The Morgan fingerprint density at radius 1 is 1.17 bits per heavy atom. The van der Waals surface area contributed by atoms with Crippen molar-refractivity contribution in [3.63, 3.8) is 0 Å². The summed E-state index contributed by atoms with van der Waals surface area (Å²) in [5.74, 6) is 2.17. The average molecular weight is 323 g/mol. The van der Waals surface area contributed by atoms with Gasteiger partial charge in [-0.1, -0.05) is 18.2 Å². The lowest BCUT2D eigenvalue weighted by Crippen LogP contribution is -2.27. The maximum absolute atomic E-state index is 12.1. The molecule has 122 valence electrons. The third-order valence-electron chi connectivity index (χ3n) is 3.94. The van der Waals surface area contributed by atoms with E-state index in [1.54, 1.807) is 0 Å². The van der Waals surface area contributed by atoms with Crippen molar-refractivity contribution in [3.8, 4) is 11.5 Å². The molecule has 1 aliphatic rings. The van der Waals surface area contributed by atoms with Gasteiger partial charge in [0.1, 0.15) is 5.82 Å². The number of benzene rings is 2. The summed E-state index contributed by atoms with van der Waals surface area (Å²) < 4.78 is 10.6. The summed E-state index contributed by atoms with van der Waals surface area (Å²) >= 11 is 0. The largest absolute Gasteiger partial charge is 0.454 e. The molecule has 3 aromatic rings. The van der Waals surface area contributed by atoms with E-state index in [1.165, 1.54) is 0 Å². The van der Waals surface area contributed by atoms with Crippen molar-refractivity contribution < 1.29 is 14.3 Å². The second-order valence-corrected chi connectivity index (χ2v) is 5.66. The van der Waals surface area contributed by atoms with Gasteiger partial charge in [-0.15, -0.1) is 0 Å². The van der Waals surface area contributed by atoms with Gasteiger partial charge in [0.15, 0.2) is 11.5 Å². The predicted molar refractivity (Wildman–Crippen MR) is 89.1 cm³/mol. The third kappa shape index (κ3) is 3.03. The number of rotatable bonds is 5. The fraction of sp³-hybridized carbons (Fsp3) is 0.222. The summed E-state index contributed by atoms with van der Waals surface area (Å²) in [7, 11) is 0. The van der Waals surface area contributed by atoms with Crippen LogP contribution in [-0.4, -0.2) is 29.2 Å². The number of nitrogens with one attached hydrogen (secondary N) is 2. The van der Waals surface area contributed by atoms with Crippen molar-refractivity contribution >= 4 is 16.9 Å². The average Bonchev–Trinajstić information content (AvgIpc) is 3.19. The maximum atomic E-state index is 12.1. The first-order valence-electron chi connectivity index (χ1n) is 7.87. The van der Waals surface area contributed by atoms with E-state index in [2.05, 4.69) is 15.3 Å². The van der Waals surface area contributed by atoms with Crippen molar-refractivity contribution in [1.29, 1.82) is 0 Å². The molecule has 0 unspecified atom stereocenters. The first kappa shape index (κ1) is 14.6. The number of H-pyrrole nitrogens is 1. The van der Waals surface area contributed by atoms with E-state index >= 15 is 0 Å². The Morgan fingerprint density at radius 2 is 2.04 bits per heavy atom. The summed E-state index contributed by atoms with van der Waals surface area (Å²) in [5.41, 5.74) is 2.92. The number of ether oxygens (including phenoxy) is 2. The molecule has 1 amide bonds. The molecule has 0 saturated heterocycles. The van der Waals surface area contributed by atoms with Crippen molar-refractivity contribution in [2.75, 3.05) is 13.3 Å². The fourth-order valence-corrected chi connectivity index (χ4v) is 2.75.